The Morgan fingerprint density at radius 1 is 0.549 bits per heavy atom. The lowest BCUT2D eigenvalue weighted by Crippen LogP contribution is -2.17. The molecule has 6 aromatic carbocycles. The summed E-state index contributed by atoms with van der Waals surface area (Å²) in [6.07, 6.45) is 12.6. The molecule has 0 fully saturated rings. The van der Waals surface area contributed by atoms with E-state index in [1.807, 2.05) is 0 Å². The van der Waals surface area contributed by atoms with Gasteiger partial charge in [0.25, 0.3) is 0 Å². The highest BCUT2D eigenvalue weighted by atomic mass is 14.4. The SMILES string of the molecule is CC(C)(C)c1cc2c(c(C3C=CC=C3)c1-c1ccccc1)Cc1cc(-c3ccccc3)c(C(C)(C)C=C(c3ccccc3)c3ccccc3)cc1-2. The molecular weight excluding hydrogens is 613 g/mol. The summed E-state index contributed by atoms with van der Waals surface area (Å²) in [6, 6.07) is 51.4. The van der Waals surface area contributed by atoms with Crippen molar-refractivity contribution in [3.05, 3.63) is 209 Å². The molecule has 0 radical (unpaired) electrons. The predicted octanol–water partition coefficient (Wildman–Crippen LogP) is 13.5. The zero-order chi connectivity index (χ0) is 35.2. The third-order valence-corrected chi connectivity index (χ3v) is 10.8. The number of hydrogen-bond donors (Lipinski definition) is 0. The number of allylic oxidation sites excluding steroid dienone is 5. The molecule has 0 heteroatoms. The van der Waals surface area contributed by atoms with Crippen LogP contribution in [0.5, 0.6) is 0 Å². The first-order valence-corrected chi connectivity index (χ1v) is 18.4. The fourth-order valence-electron chi connectivity index (χ4n) is 8.30. The molecule has 250 valence electrons. The average molecular weight is 659 g/mol. The molecule has 6 aromatic rings. The molecule has 0 spiro atoms. The first-order valence-electron chi connectivity index (χ1n) is 18.4. The van der Waals surface area contributed by atoms with Crippen LogP contribution in [0, 0.1) is 0 Å². The van der Waals surface area contributed by atoms with Gasteiger partial charge in [0.1, 0.15) is 0 Å². The van der Waals surface area contributed by atoms with E-state index in [1.165, 1.54) is 77.9 Å². The summed E-state index contributed by atoms with van der Waals surface area (Å²) >= 11 is 0. The fourth-order valence-corrected chi connectivity index (χ4v) is 8.30. The second-order valence-electron chi connectivity index (χ2n) is 15.8. The monoisotopic (exact) mass is 658 g/mol. The normalized spacial score (nSPS) is 13.7. The molecule has 0 atom stereocenters. The Kier molecular flexibility index (Phi) is 8.35. The van der Waals surface area contributed by atoms with Crippen molar-refractivity contribution in [1.29, 1.82) is 0 Å². The summed E-state index contributed by atoms with van der Waals surface area (Å²) < 4.78 is 0. The van der Waals surface area contributed by atoms with Gasteiger partial charge in [-0.25, -0.2) is 0 Å². The van der Waals surface area contributed by atoms with Crippen LogP contribution in [0.1, 0.15) is 79.5 Å². The lowest BCUT2D eigenvalue weighted by atomic mass is 9.74. The maximum Gasteiger partial charge on any atom is 0.0214 e. The molecule has 2 aliphatic carbocycles. The highest BCUT2D eigenvalue weighted by Crippen LogP contribution is 2.52. The lowest BCUT2D eigenvalue weighted by molar-refractivity contribution is 0.591. The quantitative estimate of drug-likeness (QED) is 0.160. The van der Waals surface area contributed by atoms with E-state index in [-0.39, 0.29) is 16.7 Å². The molecule has 51 heavy (non-hydrogen) atoms. The van der Waals surface area contributed by atoms with Gasteiger partial charge in [0, 0.05) is 11.3 Å². The van der Waals surface area contributed by atoms with E-state index in [0.717, 1.165) is 6.42 Å². The average Bonchev–Trinajstić information content (AvgIpc) is 3.82. The molecule has 0 saturated carbocycles. The van der Waals surface area contributed by atoms with Crippen molar-refractivity contribution in [3.63, 3.8) is 0 Å². The van der Waals surface area contributed by atoms with Crippen molar-refractivity contribution >= 4 is 5.57 Å². The van der Waals surface area contributed by atoms with Crippen LogP contribution in [0.15, 0.2) is 170 Å². The standard InChI is InChI=1S/C51H46/c1-50(2,3)47-33-43-41-32-46(51(4,5)34-45(36-22-12-7-13-23-36)37-24-14-8-15-25-37)42(35-20-10-6-11-21-35)30-40(41)31-44(43)48(38-28-18-19-29-38)49(47)39-26-16-9-17-27-39/h6-30,32-34,38H,31H2,1-5H3. The van der Waals surface area contributed by atoms with Crippen molar-refractivity contribution in [1.82, 2.24) is 0 Å². The molecule has 0 amide bonds. The van der Waals surface area contributed by atoms with Gasteiger partial charge in [-0.2, -0.15) is 0 Å². The molecule has 0 N–H and O–H groups in total. The smallest absolute Gasteiger partial charge is 0.0214 e. The molecule has 0 aromatic heterocycles. The van der Waals surface area contributed by atoms with Crippen LogP contribution in [0.25, 0.3) is 39.0 Å². The maximum atomic E-state index is 2.55. The van der Waals surface area contributed by atoms with Gasteiger partial charge in [0.05, 0.1) is 0 Å². The van der Waals surface area contributed by atoms with Crippen molar-refractivity contribution < 1.29 is 0 Å². The Labute approximate surface area is 304 Å². The van der Waals surface area contributed by atoms with Gasteiger partial charge in [0.2, 0.25) is 0 Å². The van der Waals surface area contributed by atoms with Crippen LogP contribution < -0.4 is 0 Å². The zero-order valence-electron chi connectivity index (χ0n) is 30.5. The second-order valence-corrected chi connectivity index (χ2v) is 15.8. The first kappa shape index (κ1) is 32.7. The third kappa shape index (κ3) is 6.14. The Morgan fingerprint density at radius 3 is 1.61 bits per heavy atom. The molecule has 0 aliphatic heterocycles. The summed E-state index contributed by atoms with van der Waals surface area (Å²) in [5, 5.41) is 0. The van der Waals surface area contributed by atoms with Crippen molar-refractivity contribution in [3.8, 4) is 33.4 Å². The van der Waals surface area contributed by atoms with Gasteiger partial charge in [-0.3, -0.25) is 0 Å². The van der Waals surface area contributed by atoms with Crippen molar-refractivity contribution in [2.75, 3.05) is 0 Å². The highest BCUT2D eigenvalue weighted by molar-refractivity contribution is 5.90. The van der Waals surface area contributed by atoms with Crippen LogP contribution in [0.4, 0.5) is 0 Å². The highest BCUT2D eigenvalue weighted by Gasteiger charge is 2.34. The molecule has 0 unspecified atom stereocenters. The van der Waals surface area contributed by atoms with Gasteiger partial charge in [-0.1, -0.05) is 186 Å². The molecular formula is C51H46. The minimum atomic E-state index is -0.291. The van der Waals surface area contributed by atoms with Crippen LogP contribution >= 0.6 is 0 Å². The van der Waals surface area contributed by atoms with Crippen LogP contribution in [0.2, 0.25) is 0 Å². The summed E-state index contributed by atoms with van der Waals surface area (Å²) in [7, 11) is 0. The van der Waals surface area contributed by atoms with E-state index >= 15 is 0 Å². The molecule has 2 aliphatic rings. The third-order valence-electron chi connectivity index (χ3n) is 10.8. The molecule has 0 saturated heterocycles. The minimum Gasteiger partial charge on any atom is -0.0732 e. The fraction of sp³-hybridized carbons (Fsp3) is 0.176. The first-order chi connectivity index (χ1) is 24.7. The summed E-state index contributed by atoms with van der Waals surface area (Å²) in [5.74, 6) is 0.248. The van der Waals surface area contributed by atoms with Crippen molar-refractivity contribution in [2.24, 2.45) is 0 Å². The second kappa shape index (κ2) is 13.0. The predicted molar refractivity (Wildman–Crippen MR) is 218 cm³/mol. The summed E-state index contributed by atoms with van der Waals surface area (Å²) in [4.78, 5) is 0. The van der Waals surface area contributed by atoms with E-state index in [4.69, 9.17) is 0 Å². The van der Waals surface area contributed by atoms with Gasteiger partial charge < -0.3 is 0 Å². The van der Waals surface area contributed by atoms with Gasteiger partial charge >= 0.3 is 0 Å². The number of rotatable bonds is 7. The number of fused-ring (bicyclic) bond motifs is 3. The maximum absolute atomic E-state index is 2.55. The van der Waals surface area contributed by atoms with Crippen LogP contribution in [-0.2, 0) is 17.3 Å². The lowest BCUT2D eigenvalue weighted by Gasteiger charge is -2.30. The topological polar surface area (TPSA) is 0 Å². The van der Waals surface area contributed by atoms with Crippen molar-refractivity contribution in [2.45, 2.75) is 57.8 Å². The Morgan fingerprint density at radius 2 is 1.06 bits per heavy atom. The Balaban J connectivity index is 1.40. The van der Waals surface area contributed by atoms with Crippen LogP contribution in [0.3, 0.4) is 0 Å². The van der Waals surface area contributed by atoms with Gasteiger partial charge in [-0.05, 0) is 108 Å². The number of hydrogen-bond acceptors (Lipinski definition) is 0. The summed E-state index contributed by atoms with van der Waals surface area (Å²) in [5.41, 5.74) is 18.5. The Hall–Kier alpha value is -5.46. The van der Waals surface area contributed by atoms with Crippen LogP contribution in [-0.4, -0.2) is 0 Å². The zero-order valence-corrected chi connectivity index (χ0v) is 30.5. The minimum absolute atomic E-state index is 0.0428. The Bertz CT molecular complexity index is 2240. The molecule has 8 rings (SSSR count). The number of benzene rings is 6. The van der Waals surface area contributed by atoms with E-state index in [2.05, 4.69) is 205 Å². The van der Waals surface area contributed by atoms with E-state index in [1.54, 1.807) is 0 Å². The van der Waals surface area contributed by atoms with E-state index < -0.39 is 0 Å². The molecule has 0 nitrogen and oxygen atoms in total. The van der Waals surface area contributed by atoms with Gasteiger partial charge in [-0.15, -0.1) is 0 Å². The van der Waals surface area contributed by atoms with E-state index in [0.29, 0.717) is 0 Å². The molecule has 0 bridgehead atoms. The molecule has 0 heterocycles. The largest absolute Gasteiger partial charge is 0.0732 e. The van der Waals surface area contributed by atoms with E-state index in [9.17, 15) is 0 Å². The van der Waals surface area contributed by atoms with Gasteiger partial charge in [0.15, 0.2) is 0 Å². The summed E-state index contributed by atoms with van der Waals surface area (Å²) in [6.45, 7) is 11.9.